The highest BCUT2D eigenvalue weighted by atomic mass is 79.9. The van der Waals surface area contributed by atoms with Gasteiger partial charge in [0.25, 0.3) is 0 Å². The number of carbonyl (C=O) groups is 2. The molecule has 0 aromatic heterocycles. The Labute approximate surface area is 147 Å². The number of nitrogens with zero attached hydrogens (tertiary/aromatic N) is 1. The number of anilines is 1. The molecule has 0 spiro atoms. The number of nitrogens with one attached hydrogen (secondary N) is 1. The summed E-state index contributed by atoms with van der Waals surface area (Å²) in [6.45, 7) is 1.44. The smallest absolute Gasteiger partial charge is 0.363 e. The molecule has 120 valence electrons. The number of ether oxygens (including phenoxy) is 1. The molecule has 2 aromatic carbocycles. The van der Waals surface area contributed by atoms with Crippen molar-refractivity contribution in [2.75, 3.05) is 5.32 Å². The molecule has 0 saturated carbocycles. The third-order valence-corrected chi connectivity index (χ3v) is 3.99. The second-order valence-electron chi connectivity index (χ2n) is 5.12. The lowest BCUT2D eigenvalue weighted by Gasteiger charge is -2.03. The minimum atomic E-state index is -0.494. The van der Waals surface area contributed by atoms with Crippen LogP contribution >= 0.6 is 15.9 Å². The predicted octanol–water partition coefficient (Wildman–Crippen LogP) is 3.75. The molecule has 0 aliphatic carbocycles. The molecule has 2 aromatic rings. The molecule has 1 N–H and O–H groups in total. The van der Waals surface area contributed by atoms with E-state index in [4.69, 9.17) is 4.74 Å². The lowest BCUT2D eigenvalue weighted by atomic mass is 10.2. The molecule has 0 radical (unpaired) electrons. The number of halogens is 1. The fourth-order valence-corrected chi connectivity index (χ4v) is 2.57. The summed E-state index contributed by atoms with van der Waals surface area (Å²) in [5.74, 6) is -0.398. The third kappa shape index (κ3) is 3.60. The Morgan fingerprint density at radius 3 is 2.54 bits per heavy atom. The average Bonchev–Trinajstić information content (AvgIpc) is 2.91. The number of cyclic esters (lactones) is 1. The van der Waals surface area contributed by atoms with E-state index in [1.165, 1.54) is 6.92 Å². The minimum absolute atomic E-state index is 0.147. The quantitative estimate of drug-likeness (QED) is 0.647. The monoisotopic (exact) mass is 384 g/mol. The average molecular weight is 385 g/mol. The van der Waals surface area contributed by atoms with Gasteiger partial charge in [0.1, 0.15) is 0 Å². The van der Waals surface area contributed by atoms with Crippen LogP contribution in [0.4, 0.5) is 5.69 Å². The molecule has 1 amide bonds. The van der Waals surface area contributed by atoms with E-state index in [0.717, 1.165) is 10.0 Å². The molecule has 0 unspecified atom stereocenters. The summed E-state index contributed by atoms with van der Waals surface area (Å²) in [6, 6.07) is 14.5. The molecule has 0 bridgehead atoms. The van der Waals surface area contributed by atoms with Crippen molar-refractivity contribution < 1.29 is 14.3 Å². The van der Waals surface area contributed by atoms with Crippen LogP contribution in [0, 0.1) is 0 Å². The van der Waals surface area contributed by atoms with Gasteiger partial charge in [-0.25, -0.2) is 9.79 Å². The van der Waals surface area contributed by atoms with Gasteiger partial charge in [-0.3, -0.25) is 4.79 Å². The van der Waals surface area contributed by atoms with Crippen molar-refractivity contribution in [3.05, 3.63) is 69.8 Å². The molecule has 5 nitrogen and oxygen atoms in total. The van der Waals surface area contributed by atoms with Crippen molar-refractivity contribution in [2.45, 2.75) is 6.92 Å². The number of carbonyl (C=O) groups excluding carboxylic acids is 2. The van der Waals surface area contributed by atoms with Crippen LogP contribution in [-0.2, 0) is 14.3 Å². The number of aliphatic imine (C=N–C) groups is 1. The van der Waals surface area contributed by atoms with Crippen molar-refractivity contribution in [1.82, 2.24) is 0 Å². The number of hydrogen-bond acceptors (Lipinski definition) is 4. The van der Waals surface area contributed by atoms with E-state index in [-0.39, 0.29) is 17.5 Å². The fourth-order valence-electron chi connectivity index (χ4n) is 2.17. The molecule has 24 heavy (non-hydrogen) atoms. The molecule has 0 saturated heterocycles. The second kappa shape index (κ2) is 6.80. The molecule has 1 aliphatic heterocycles. The van der Waals surface area contributed by atoms with Crippen molar-refractivity contribution in [3.63, 3.8) is 0 Å². The number of esters is 1. The van der Waals surface area contributed by atoms with Crippen molar-refractivity contribution >= 4 is 45.5 Å². The van der Waals surface area contributed by atoms with Crippen LogP contribution in [-0.4, -0.2) is 17.8 Å². The van der Waals surface area contributed by atoms with Crippen LogP contribution in [0.5, 0.6) is 0 Å². The Balaban J connectivity index is 1.86. The molecule has 1 heterocycles. The Kier molecular flexibility index (Phi) is 4.57. The van der Waals surface area contributed by atoms with E-state index < -0.39 is 5.97 Å². The van der Waals surface area contributed by atoms with E-state index >= 15 is 0 Å². The summed E-state index contributed by atoms with van der Waals surface area (Å²) in [5, 5.41) is 2.68. The van der Waals surface area contributed by atoms with Crippen LogP contribution in [0.3, 0.4) is 0 Å². The zero-order valence-electron chi connectivity index (χ0n) is 12.7. The second-order valence-corrected chi connectivity index (χ2v) is 5.97. The van der Waals surface area contributed by atoms with Crippen molar-refractivity contribution in [3.8, 4) is 0 Å². The lowest BCUT2D eigenvalue weighted by Crippen LogP contribution is -2.07. The number of rotatable bonds is 3. The maximum atomic E-state index is 12.0. The van der Waals surface area contributed by atoms with Crippen LogP contribution in [0.2, 0.25) is 0 Å². The highest BCUT2D eigenvalue weighted by Gasteiger charge is 2.24. The van der Waals surface area contributed by atoms with Gasteiger partial charge >= 0.3 is 5.97 Å². The highest BCUT2D eigenvalue weighted by Crippen LogP contribution is 2.23. The first kappa shape index (κ1) is 16.1. The molecule has 0 fully saturated rings. The third-order valence-electron chi connectivity index (χ3n) is 3.27. The minimum Gasteiger partial charge on any atom is -0.402 e. The standard InChI is InChI=1S/C18H13BrN2O3/c1-11(22)20-14-8-6-12(7-9-14)17-21-16(18(23)24-17)10-13-4-2-3-5-15(13)19/h2-10H,1H3,(H,20,22)/b16-10-. The Morgan fingerprint density at radius 2 is 1.88 bits per heavy atom. The fraction of sp³-hybridized carbons (Fsp3) is 0.0556. The Hall–Kier alpha value is -2.73. The topological polar surface area (TPSA) is 67.8 Å². The van der Waals surface area contributed by atoms with Gasteiger partial charge in [-0.15, -0.1) is 0 Å². The zero-order chi connectivity index (χ0) is 17.1. The van der Waals surface area contributed by atoms with Crippen molar-refractivity contribution in [2.24, 2.45) is 4.99 Å². The summed E-state index contributed by atoms with van der Waals surface area (Å²) in [7, 11) is 0. The molecule has 3 rings (SSSR count). The normalized spacial score (nSPS) is 15.2. The van der Waals surface area contributed by atoms with Crippen LogP contribution in [0.1, 0.15) is 18.1 Å². The number of amides is 1. The molecule has 6 heteroatoms. The van der Waals surface area contributed by atoms with Gasteiger partial charge in [-0.1, -0.05) is 34.1 Å². The first-order chi connectivity index (χ1) is 11.5. The van der Waals surface area contributed by atoms with Crippen LogP contribution in [0.15, 0.2) is 63.7 Å². The Morgan fingerprint density at radius 1 is 1.17 bits per heavy atom. The first-order valence-electron chi connectivity index (χ1n) is 7.18. The van der Waals surface area contributed by atoms with E-state index in [0.29, 0.717) is 11.3 Å². The van der Waals surface area contributed by atoms with E-state index in [1.807, 2.05) is 24.3 Å². The predicted molar refractivity (Wildman–Crippen MR) is 95.5 cm³/mol. The van der Waals surface area contributed by atoms with E-state index in [2.05, 4.69) is 26.2 Å². The SMILES string of the molecule is CC(=O)Nc1ccc(C2=N/C(=C\c3ccccc3Br)C(=O)O2)cc1. The molecular weight excluding hydrogens is 372 g/mol. The van der Waals surface area contributed by atoms with Crippen LogP contribution in [0.25, 0.3) is 6.08 Å². The molecule has 0 atom stereocenters. The highest BCUT2D eigenvalue weighted by molar-refractivity contribution is 9.10. The summed E-state index contributed by atoms with van der Waals surface area (Å²) in [4.78, 5) is 27.3. The maximum absolute atomic E-state index is 12.0. The maximum Gasteiger partial charge on any atom is 0.363 e. The van der Waals surface area contributed by atoms with Gasteiger partial charge in [-0.05, 0) is 42.0 Å². The van der Waals surface area contributed by atoms with Crippen molar-refractivity contribution in [1.29, 1.82) is 0 Å². The van der Waals surface area contributed by atoms with Gasteiger partial charge in [0.15, 0.2) is 5.70 Å². The van der Waals surface area contributed by atoms with Gasteiger partial charge in [0.05, 0.1) is 0 Å². The Bertz CT molecular complexity index is 870. The number of hydrogen-bond donors (Lipinski definition) is 1. The van der Waals surface area contributed by atoms with Gasteiger partial charge in [-0.2, -0.15) is 0 Å². The summed E-state index contributed by atoms with van der Waals surface area (Å²) >= 11 is 3.43. The summed E-state index contributed by atoms with van der Waals surface area (Å²) < 4.78 is 6.10. The lowest BCUT2D eigenvalue weighted by molar-refractivity contribution is -0.129. The summed E-state index contributed by atoms with van der Waals surface area (Å²) in [5.41, 5.74) is 2.41. The summed E-state index contributed by atoms with van der Waals surface area (Å²) in [6.07, 6.45) is 1.67. The van der Waals surface area contributed by atoms with Gasteiger partial charge in [0.2, 0.25) is 11.8 Å². The van der Waals surface area contributed by atoms with Crippen LogP contribution < -0.4 is 5.32 Å². The largest absolute Gasteiger partial charge is 0.402 e. The van der Waals surface area contributed by atoms with Gasteiger partial charge < -0.3 is 10.1 Å². The zero-order valence-corrected chi connectivity index (χ0v) is 14.3. The number of benzene rings is 2. The van der Waals surface area contributed by atoms with Gasteiger partial charge in [0, 0.05) is 22.6 Å². The van der Waals surface area contributed by atoms with E-state index in [9.17, 15) is 9.59 Å². The van der Waals surface area contributed by atoms with E-state index in [1.54, 1.807) is 30.3 Å². The first-order valence-corrected chi connectivity index (χ1v) is 7.97. The molecule has 1 aliphatic rings. The molecular formula is C18H13BrN2O3.